The van der Waals surface area contributed by atoms with Crippen LogP contribution >= 0.6 is 0 Å². The van der Waals surface area contributed by atoms with E-state index in [1.165, 1.54) is 6.08 Å². The molecule has 1 aliphatic heterocycles. The second-order valence-corrected chi connectivity index (χ2v) is 5.46. The van der Waals surface area contributed by atoms with Crippen LogP contribution in [0.4, 0.5) is 0 Å². The predicted molar refractivity (Wildman–Crippen MR) is 89.4 cm³/mol. The van der Waals surface area contributed by atoms with Gasteiger partial charge in [0.05, 0.1) is 6.04 Å². The third-order valence-electron chi connectivity index (χ3n) is 3.68. The summed E-state index contributed by atoms with van der Waals surface area (Å²) in [6, 6.07) is 17.1. The first kappa shape index (κ1) is 15.2. The summed E-state index contributed by atoms with van der Waals surface area (Å²) in [5.41, 5.74) is 0.987. The molecule has 0 radical (unpaired) electrons. The Balaban J connectivity index is 1.56. The van der Waals surface area contributed by atoms with Gasteiger partial charge in [0.2, 0.25) is 5.91 Å². The Labute approximate surface area is 135 Å². The summed E-state index contributed by atoms with van der Waals surface area (Å²) in [6.07, 6.45) is 3.11. The molecule has 0 aliphatic carbocycles. The van der Waals surface area contributed by atoms with Crippen molar-refractivity contribution in [3.8, 4) is 11.5 Å². The molecule has 0 unspecified atom stereocenters. The first-order valence-electron chi connectivity index (χ1n) is 7.64. The number of benzene rings is 2. The second kappa shape index (κ2) is 7.01. The van der Waals surface area contributed by atoms with Crippen molar-refractivity contribution in [2.45, 2.75) is 19.1 Å². The van der Waals surface area contributed by atoms with Crippen LogP contribution in [0, 0.1) is 0 Å². The van der Waals surface area contributed by atoms with Crippen LogP contribution in [-0.2, 0) is 4.79 Å². The molecule has 1 heterocycles. The molecule has 1 N–H and O–H groups in total. The van der Waals surface area contributed by atoms with Crippen LogP contribution in [0.3, 0.4) is 0 Å². The minimum atomic E-state index is -0.209. The van der Waals surface area contributed by atoms with E-state index >= 15 is 0 Å². The smallest absolute Gasteiger partial charge is 0.244 e. The van der Waals surface area contributed by atoms with Crippen molar-refractivity contribution >= 4 is 12.0 Å². The zero-order chi connectivity index (χ0) is 16.1. The van der Waals surface area contributed by atoms with Crippen LogP contribution in [-0.4, -0.2) is 24.7 Å². The molecule has 2 aromatic carbocycles. The fourth-order valence-electron chi connectivity index (χ4n) is 2.38. The van der Waals surface area contributed by atoms with Crippen molar-refractivity contribution in [1.82, 2.24) is 5.32 Å². The van der Waals surface area contributed by atoms with Gasteiger partial charge in [0.15, 0.2) is 17.6 Å². The molecule has 1 amide bonds. The predicted octanol–water partition coefficient (Wildman–Crippen LogP) is 3.04. The Morgan fingerprint density at radius 3 is 2.61 bits per heavy atom. The van der Waals surface area contributed by atoms with E-state index < -0.39 is 0 Å². The molecule has 0 aromatic heterocycles. The lowest BCUT2D eigenvalue weighted by atomic mass is 10.1. The summed E-state index contributed by atoms with van der Waals surface area (Å²) in [7, 11) is 0. The van der Waals surface area contributed by atoms with Crippen molar-refractivity contribution in [3.63, 3.8) is 0 Å². The third kappa shape index (κ3) is 3.92. The fourth-order valence-corrected chi connectivity index (χ4v) is 2.38. The Kier molecular flexibility index (Phi) is 4.62. The van der Waals surface area contributed by atoms with E-state index in [0.29, 0.717) is 12.4 Å². The van der Waals surface area contributed by atoms with Crippen LogP contribution in [0.25, 0.3) is 6.08 Å². The topological polar surface area (TPSA) is 47.6 Å². The van der Waals surface area contributed by atoms with Gasteiger partial charge in [-0.2, -0.15) is 0 Å². The van der Waals surface area contributed by atoms with Crippen molar-refractivity contribution in [3.05, 3.63) is 66.2 Å². The highest BCUT2D eigenvalue weighted by atomic mass is 16.6. The molecule has 0 bridgehead atoms. The number of carbonyl (C=O) groups excluding carboxylic acids is 1. The molecular weight excluding hydrogens is 290 g/mol. The van der Waals surface area contributed by atoms with E-state index in [4.69, 9.17) is 9.47 Å². The lowest BCUT2D eigenvalue weighted by Gasteiger charge is -2.30. The number of carbonyl (C=O) groups is 1. The number of para-hydroxylation sites is 2. The van der Waals surface area contributed by atoms with Crippen molar-refractivity contribution in [1.29, 1.82) is 0 Å². The average molecular weight is 309 g/mol. The van der Waals surface area contributed by atoms with E-state index in [9.17, 15) is 4.79 Å². The average Bonchev–Trinajstić information content (AvgIpc) is 2.60. The molecule has 0 spiro atoms. The number of hydrogen-bond acceptors (Lipinski definition) is 3. The van der Waals surface area contributed by atoms with Gasteiger partial charge in [-0.25, -0.2) is 0 Å². The minimum Gasteiger partial charge on any atom is -0.486 e. The maximum atomic E-state index is 12.0. The summed E-state index contributed by atoms with van der Waals surface area (Å²) >= 11 is 0. The SMILES string of the molecule is C[C@@H](NC(=O)C=Cc1ccccc1)[C@H]1COc2ccccc2O1. The lowest BCUT2D eigenvalue weighted by molar-refractivity contribution is -0.117. The Hall–Kier alpha value is -2.75. The molecule has 2 atom stereocenters. The van der Waals surface area contributed by atoms with Gasteiger partial charge in [0.1, 0.15) is 6.61 Å². The van der Waals surface area contributed by atoms with Crippen molar-refractivity contribution in [2.24, 2.45) is 0 Å². The van der Waals surface area contributed by atoms with E-state index in [1.807, 2.05) is 61.5 Å². The molecule has 4 nitrogen and oxygen atoms in total. The summed E-state index contributed by atoms with van der Waals surface area (Å²) in [5.74, 6) is 1.31. The van der Waals surface area contributed by atoms with Crippen LogP contribution in [0.15, 0.2) is 60.7 Å². The highest BCUT2D eigenvalue weighted by molar-refractivity contribution is 5.91. The first-order chi connectivity index (χ1) is 11.2. The molecule has 3 rings (SSSR count). The summed E-state index contributed by atoms with van der Waals surface area (Å²) < 4.78 is 11.6. The van der Waals surface area contributed by atoms with E-state index in [0.717, 1.165) is 11.3 Å². The van der Waals surface area contributed by atoms with Gasteiger partial charge in [-0.05, 0) is 30.7 Å². The van der Waals surface area contributed by atoms with Crippen LogP contribution < -0.4 is 14.8 Å². The zero-order valence-corrected chi connectivity index (χ0v) is 12.9. The highest BCUT2D eigenvalue weighted by Gasteiger charge is 2.26. The molecule has 2 aromatic rings. The highest BCUT2D eigenvalue weighted by Crippen LogP contribution is 2.31. The van der Waals surface area contributed by atoms with Crippen molar-refractivity contribution in [2.75, 3.05) is 6.61 Å². The van der Waals surface area contributed by atoms with Crippen molar-refractivity contribution < 1.29 is 14.3 Å². The quantitative estimate of drug-likeness (QED) is 0.883. The van der Waals surface area contributed by atoms with Gasteiger partial charge in [0.25, 0.3) is 0 Å². The fraction of sp³-hybridized carbons (Fsp3) is 0.211. The molecule has 118 valence electrons. The minimum absolute atomic E-state index is 0.149. The molecule has 0 fully saturated rings. The van der Waals surface area contributed by atoms with Gasteiger partial charge in [-0.1, -0.05) is 42.5 Å². The van der Waals surface area contributed by atoms with Gasteiger partial charge < -0.3 is 14.8 Å². The lowest BCUT2D eigenvalue weighted by Crippen LogP contribution is -2.47. The Morgan fingerprint density at radius 1 is 1.13 bits per heavy atom. The summed E-state index contributed by atoms with van der Waals surface area (Å²) in [5, 5.41) is 2.92. The molecular formula is C19H19NO3. The molecule has 1 aliphatic rings. The number of fused-ring (bicyclic) bond motifs is 1. The van der Waals surface area contributed by atoms with E-state index in [-0.39, 0.29) is 18.1 Å². The zero-order valence-electron chi connectivity index (χ0n) is 12.9. The molecule has 0 saturated carbocycles. The van der Waals surface area contributed by atoms with Crippen LogP contribution in [0.2, 0.25) is 0 Å². The standard InChI is InChI=1S/C19H19NO3/c1-14(18-13-22-16-9-5-6-10-17(16)23-18)20-19(21)12-11-15-7-3-2-4-8-15/h2-12,14,18H,13H2,1H3,(H,20,21)/t14-,18-/m1/s1. The summed E-state index contributed by atoms with van der Waals surface area (Å²) in [4.78, 5) is 12.0. The Bertz CT molecular complexity index is 697. The van der Waals surface area contributed by atoms with Crippen LogP contribution in [0.5, 0.6) is 11.5 Å². The first-order valence-corrected chi connectivity index (χ1v) is 7.64. The van der Waals surface area contributed by atoms with E-state index in [2.05, 4.69) is 5.32 Å². The maximum absolute atomic E-state index is 12.0. The van der Waals surface area contributed by atoms with Gasteiger partial charge in [-0.3, -0.25) is 4.79 Å². The van der Waals surface area contributed by atoms with E-state index in [1.54, 1.807) is 6.08 Å². The number of ether oxygens (including phenoxy) is 2. The normalized spacial score (nSPS) is 17.7. The number of nitrogens with one attached hydrogen (secondary N) is 1. The number of hydrogen-bond donors (Lipinski definition) is 1. The largest absolute Gasteiger partial charge is 0.486 e. The Morgan fingerprint density at radius 2 is 1.83 bits per heavy atom. The molecule has 0 saturated heterocycles. The monoisotopic (exact) mass is 309 g/mol. The third-order valence-corrected chi connectivity index (χ3v) is 3.68. The molecule has 23 heavy (non-hydrogen) atoms. The summed E-state index contributed by atoms with van der Waals surface area (Å²) in [6.45, 7) is 2.33. The van der Waals surface area contributed by atoms with Crippen LogP contribution in [0.1, 0.15) is 12.5 Å². The van der Waals surface area contributed by atoms with Gasteiger partial charge in [0, 0.05) is 6.08 Å². The molecule has 4 heteroatoms. The maximum Gasteiger partial charge on any atom is 0.244 e. The number of amides is 1. The number of rotatable bonds is 4. The van der Waals surface area contributed by atoms with Gasteiger partial charge >= 0.3 is 0 Å². The second-order valence-electron chi connectivity index (χ2n) is 5.46. The van der Waals surface area contributed by atoms with Gasteiger partial charge in [-0.15, -0.1) is 0 Å².